The van der Waals surface area contributed by atoms with Gasteiger partial charge in [0, 0.05) is 0 Å². The number of hydrogen-bond donors (Lipinski definition) is 2. The van der Waals surface area contributed by atoms with E-state index < -0.39 is 44.1 Å². The molecular formula is C19H35N3O6Si. The maximum absolute atomic E-state index is 13.0. The molecule has 0 bridgehead atoms. The van der Waals surface area contributed by atoms with E-state index in [2.05, 4.69) is 0 Å². The van der Waals surface area contributed by atoms with E-state index in [1.807, 2.05) is 33.9 Å². The number of nitrogens with two attached hydrogens (primary N) is 1. The molecule has 10 heteroatoms. The van der Waals surface area contributed by atoms with Crippen LogP contribution in [0.3, 0.4) is 0 Å². The summed E-state index contributed by atoms with van der Waals surface area (Å²) in [6.07, 6.45) is -0.557. The van der Waals surface area contributed by atoms with Crippen molar-refractivity contribution >= 4 is 26.4 Å². The molecule has 0 aromatic carbocycles. The lowest BCUT2D eigenvalue weighted by Crippen LogP contribution is -2.60. The van der Waals surface area contributed by atoms with E-state index in [0.29, 0.717) is 5.57 Å². The third kappa shape index (κ3) is 6.20. The highest BCUT2D eigenvalue weighted by molar-refractivity contribution is 6.74. The third-order valence-corrected chi connectivity index (χ3v) is 9.44. The van der Waals surface area contributed by atoms with Gasteiger partial charge in [-0.2, -0.15) is 5.06 Å². The molecule has 3 amide bonds. The van der Waals surface area contributed by atoms with Crippen LogP contribution in [0, 0.1) is 0 Å². The standard InChI is InChI=1S/C19H35N3O6Si/c1-12-10-13(15(20)23)21(16(24)25)11-14(12)22(17(26)27-18(2,3)4)28-29(8,9)19(5,6)7/h10,13-14H,11H2,1-9H3,(H2,20,23)(H,24,25). The Morgan fingerprint density at radius 3 is 2.10 bits per heavy atom. The molecule has 0 radical (unpaired) electrons. The fourth-order valence-electron chi connectivity index (χ4n) is 2.50. The summed E-state index contributed by atoms with van der Waals surface area (Å²) in [6.45, 7) is 16.8. The number of carboxylic acid groups (broad SMARTS) is 1. The zero-order valence-corrected chi connectivity index (χ0v) is 19.9. The number of carbonyl (C=O) groups is 3. The maximum atomic E-state index is 13.0. The second kappa shape index (κ2) is 8.35. The van der Waals surface area contributed by atoms with Crippen LogP contribution in [-0.4, -0.2) is 65.7 Å². The molecule has 0 aromatic rings. The monoisotopic (exact) mass is 429 g/mol. The number of primary amides is 1. The van der Waals surface area contributed by atoms with Gasteiger partial charge in [0.1, 0.15) is 17.7 Å². The first-order valence-electron chi connectivity index (χ1n) is 9.56. The van der Waals surface area contributed by atoms with E-state index in [9.17, 15) is 19.5 Å². The summed E-state index contributed by atoms with van der Waals surface area (Å²) < 4.78 is 11.8. The summed E-state index contributed by atoms with van der Waals surface area (Å²) in [5.41, 5.74) is 5.21. The van der Waals surface area contributed by atoms with Crippen molar-refractivity contribution < 1.29 is 28.8 Å². The zero-order chi connectivity index (χ0) is 22.9. The Morgan fingerprint density at radius 2 is 1.72 bits per heavy atom. The third-order valence-electron chi connectivity index (χ3n) is 5.18. The van der Waals surface area contributed by atoms with Crippen LogP contribution in [0.1, 0.15) is 48.5 Å². The second-order valence-corrected chi connectivity index (χ2v) is 14.6. The highest BCUT2D eigenvalue weighted by atomic mass is 28.4. The minimum atomic E-state index is -2.47. The van der Waals surface area contributed by atoms with Gasteiger partial charge < -0.3 is 20.1 Å². The van der Waals surface area contributed by atoms with Gasteiger partial charge in [0.25, 0.3) is 0 Å². The molecule has 166 valence electrons. The molecule has 0 fully saturated rings. The summed E-state index contributed by atoms with van der Waals surface area (Å²) in [5, 5.41) is 10.5. The van der Waals surface area contributed by atoms with Gasteiger partial charge in [-0.05, 0) is 51.4 Å². The van der Waals surface area contributed by atoms with Crippen LogP contribution in [0.15, 0.2) is 11.6 Å². The molecule has 1 aliphatic heterocycles. The highest BCUT2D eigenvalue weighted by Gasteiger charge is 2.46. The van der Waals surface area contributed by atoms with Crippen LogP contribution in [0.5, 0.6) is 0 Å². The number of rotatable bonds is 4. The van der Waals surface area contributed by atoms with Crippen LogP contribution in [0.4, 0.5) is 9.59 Å². The average Bonchev–Trinajstić information content (AvgIpc) is 2.49. The van der Waals surface area contributed by atoms with Crippen molar-refractivity contribution in [3.63, 3.8) is 0 Å². The summed E-state index contributed by atoms with van der Waals surface area (Å²) >= 11 is 0. The topological polar surface area (TPSA) is 122 Å². The molecule has 9 nitrogen and oxygen atoms in total. The molecule has 1 rings (SSSR count). The molecule has 2 atom stereocenters. The largest absolute Gasteiger partial charge is 0.465 e. The van der Waals surface area contributed by atoms with E-state index in [-0.39, 0.29) is 11.6 Å². The Labute approximate surface area is 173 Å². The molecule has 0 spiro atoms. The van der Waals surface area contributed by atoms with E-state index in [4.69, 9.17) is 15.0 Å². The highest BCUT2D eigenvalue weighted by Crippen LogP contribution is 2.38. The second-order valence-electron chi connectivity index (χ2n) is 9.87. The van der Waals surface area contributed by atoms with Crippen LogP contribution in [0.25, 0.3) is 0 Å². The van der Waals surface area contributed by atoms with E-state index in [1.54, 1.807) is 27.7 Å². The SMILES string of the molecule is CC1=CC(C(N)=O)N(C(=O)O)CC1N(O[Si](C)(C)C(C)(C)C)C(=O)OC(C)(C)C. The van der Waals surface area contributed by atoms with Crippen LogP contribution >= 0.6 is 0 Å². The molecule has 0 saturated carbocycles. The number of hydrogen-bond acceptors (Lipinski definition) is 5. The molecule has 1 heterocycles. The van der Waals surface area contributed by atoms with Gasteiger partial charge in [-0.1, -0.05) is 26.8 Å². The Morgan fingerprint density at radius 1 is 1.21 bits per heavy atom. The predicted molar refractivity (Wildman–Crippen MR) is 112 cm³/mol. The summed E-state index contributed by atoms with van der Waals surface area (Å²) in [4.78, 5) is 37.4. The zero-order valence-electron chi connectivity index (χ0n) is 18.9. The van der Waals surface area contributed by atoms with Crippen molar-refractivity contribution in [1.29, 1.82) is 0 Å². The molecule has 1 aliphatic rings. The van der Waals surface area contributed by atoms with Crippen molar-refractivity contribution in [3.8, 4) is 0 Å². The predicted octanol–water partition coefficient (Wildman–Crippen LogP) is 3.32. The summed E-state index contributed by atoms with van der Waals surface area (Å²) in [5.74, 6) is -0.778. The van der Waals surface area contributed by atoms with Crippen molar-refractivity contribution in [2.45, 2.75) is 84.3 Å². The molecule has 29 heavy (non-hydrogen) atoms. The molecule has 0 aliphatic carbocycles. The first-order valence-corrected chi connectivity index (χ1v) is 12.5. The van der Waals surface area contributed by atoms with Gasteiger partial charge in [-0.3, -0.25) is 9.69 Å². The fourth-order valence-corrected chi connectivity index (χ4v) is 3.47. The number of ether oxygens (including phenoxy) is 1. The van der Waals surface area contributed by atoms with Gasteiger partial charge in [0.05, 0.1) is 6.54 Å². The van der Waals surface area contributed by atoms with Gasteiger partial charge in [-0.15, -0.1) is 0 Å². The molecule has 2 unspecified atom stereocenters. The van der Waals surface area contributed by atoms with Crippen LogP contribution < -0.4 is 5.73 Å². The van der Waals surface area contributed by atoms with Crippen molar-refractivity contribution in [3.05, 3.63) is 11.6 Å². The number of carbonyl (C=O) groups excluding carboxylic acids is 2. The minimum Gasteiger partial charge on any atom is -0.465 e. The van der Waals surface area contributed by atoms with E-state index in [0.717, 1.165) is 9.96 Å². The van der Waals surface area contributed by atoms with Crippen LogP contribution in [-0.2, 0) is 14.1 Å². The first kappa shape index (κ1) is 25.0. The smallest absolute Gasteiger partial charge is 0.434 e. The Hall–Kier alpha value is -2.07. The quantitative estimate of drug-likeness (QED) is 0.401. The lowest BCUT2D eigenvalue weighted by molar-refractivity contribution is -0.124. The lowest BCUT2D eigenvalue weighted by Gasteiger charge is -2.45. The molecule has 0 aromatic heterocycles. The van der Waals surface area contributed by atoms with Gasteiger partial charge in [0.2, 0.25) is 14.2 Å². The van der Waals surface area contributed by atoms with E-state index >= 15 is 0 Å². The Bertz CT molecular complexity index is 693. The Balaban J connectivity index is 3.41. The number of amides is 3. The average molecular weight is 430 g/mol. The first-order chi connectivity index (χ1) is 12.9. The lowest BCUT2D eigenvalue weighted by atomic mass is 9.98. The number of hydroxylamine groups is 2. The van der Waals surface area contributed by atoms with Crippen molar-refractivity contribution in [2.24, 2.45) is 5.73 Å². The summed E-state index contributed by atoms with van der Waals surface area (Å²) in [6, 6.07) is -1.84. The van der Waals surface area contributed by atoms with Crippen molar-refractivity contribution in [2.75, 3.05) is 6.54 Å². The van der Waals surface area contributed by atoms with Gasteiger partial charge in [-0.25, -0.2) is 9.59 Å². The number of nitrogens with zero attached hydrogens (tertiary/aromatic N) is 2. The maximum Gasteiger partial charge on any atom is 0.434 e. The van der Waals surface area contributed by atoms with E-state index in [1.165, 1.54) is 6.08 Å². The minimum absolute atomic E-state index is 0.154. The Kier molecular flexibility index (Phi) is 7.19. The summed E-state index contributed by atoms with van der Waals surface area (Å²) in [7, 11) is -2.47. The molecular weight excluding hydrogens is 394 g/mol. The van der Waals surface area contributed by atoms with Gasteiger partial charge >= 0.3 is 12.2 Å². The molecule has 0 saturated heterocycles. The van der Waals surface area contributed by atoms with Crippen LogP contribution in [0.2, 0.25) is 18.1 Å². The normalized spacial score (nSPS) is 20.7. The van der Waals surface area contributed by atoms with Crippen molar-refractivity contribution in [1.82, 2.24) is 9.96 Å². The molecule has 3 N–H and O–H groups in total. The fraction of sp³-hybridized carbons (Fsp3) is 0.737. The van der Waals surface area contributed by atoms with Gasteiger partial charge in [0.15, 0.2) is 0 Å².